The van der Waals surface area contributed by atoms with Crippen LogP contribution in [-0.4, -0.2) is 22.0 Å². The summed E-state index contributed by atoms with van der Waals surface area (Å²) in [7, 11) is 0. The van der Waals surface area contributed by atoms with Gasteiger partial charge in [-0.05, 0) is 26.0 Å². The maximum Gasteiger partial charge on any atom is 0.303 e. The predicted octanol–water partition coefficient (Wildman–Crippen LogP) is 1.50. The highest BCUT2D eigenvalue weighted by Gasteiger charge is 2.07. The molecule has 1 rings (SSSR count). The van der Waals surface area contributed by atoms with Gasteiger partial charge < -0.3 is 10.4 Å². The monoisotopic (exact) mass is 222 g/mol. The van der Waals surface area contributed by atoms with Crippen LogP contribution in [0.4, 0.5) is 5.69 Å². The summed E-state index contributed by atoms with van der Waals surface area (Å²) in [5, 5.41) is 11.1. The molecule has 0 bridgehead atoms. The van der Waals surface area contributed by atoms with Crippen molar-refractivity contribution in [1.82, 2.24) is 4.98 Å². The van der Waals surface area contributed by atoms with Crippen molar-refractivity contribution in [3.63, 3.8) is 0 Å². The van der Waals surface area contributed by atoms with Gasteiger partial charge in [0.25, 0.3) is 0 Å². The van der Waals surface area contributed by atoms with E-state index in [1.165, 1.54) is 0 Å². The van der Waals surface area contributed by atoms with E-state index in [9.17, 15) is 9.59 Å². The number of aromatic nitrogens is 1. The van der Waals surface area contributed by atoms with Gasteiger partial charge in [-0.1, -0.05) is 0 Å². The van der Waals surface area contributed by atoms with Gasteiger partial charge >= 0.3 is 5.97 Å². The fraction of sp³-hybridized carbons (Fsp3) is 0.364. The van der Waals surface area contributed by atoms with Crippen LogP contribution >= 0.6 is 0 Å². The lowest BCUT2D eigenvalue weighted by Gasteiger charge is -2.07. The topological polar surface area (TPSA) is 79.3 Å². The zero-order chi connectivity index (χ0) is 12.1. The minimum atomic E-state index is -0.978. The first kappa shape index (κ1) is 12.2. The molecule has 5 nitrogen and oxygen atoms in total. The zero-order valence-electron chi connectivity index (χ0n) is 9.28. The number of aliphatic carboxylic acids is 1. The Morgan fingerprint density at radius 3 is 2.56 bits per heavy atom. The number of amides is 1. The summed E-state index contributed by atoms with van der Waals surface area (Å²) in [4.78, 5) is 25.8. The maximum absolute atomic E-state index is 11.4. The van der Waals surface area contributed by atoms with Crippen LogP contribution < -0.4 is 5.32 Å². The third-order valence-electron chi connectivity index (χ3n) is 2.07. The average molecular weight is 222 g/mol. The number of nitrogens with one attached hydrogen (secondary N) is 1. The van der Waals surface area contributed by atoms with Crippen LogP contribution in [0.3, 0.4) is 0 Å². The molecule has 0 saturated carbocycles. The number of carbonyl (C=O) groups is 2. The molecule has 1 aromatic heterocycles. The third-order valence-corrected chi connectivity index (χ3v) is 2.07. The highest BCUT2D eigenvalue weighted by molar-refractivity contribution is 5.92. The lowest BCUT2D eigenvalue weighted by molar-refractivity contribution is -0.138. The van der Waals surface area contributed by atoms with E-state index in [1.807, 2.05) is 6.92 Å². The molecule has 1 amide bonds. The molecule has 0 spiro atoms. The average Bonchev–Trinajstić information content (AvgIpc) is 2.19. The molecular weight excluding hydrogens is 208 g/mol. The number of nitrogens with zero attached hydrogens (tertiary/aromatic N) is 1. The summed E-state index contributed by atoms with van der Waals surface area (Å²) in [6.45, 7) is 3.66. The van der Waals surface area contributed by atoms with Gasteiger partial charge in [-0.2, -0.15) is 0 Å². The van der Waals surface area contributed by atoms with Gasteiger partial charge in [0.1, 0.15) is 0 Å². The molecular formula is C11H14N2O3. The van der Waals surface area contributed by atoms with Gasteiger partial charge in [-0.3, -0.25) is 14.6 Å². The Bertz CT molecular complexity index is 416. The highest BCUT2D eigenvalue weighted by Crippen LogP contribution is 2.12. The molecule has 1 aromatic rings. The number of carboxylic acid groups (broad SMARTS) is 1. The molecule has 0 aliphatic heterocycles. The Morgan fingerprint density at radius 1 is 1.31 bits per heavy atom. The Kier molecular flexibility index (Phi) is 3.99. The molecule has 0 unspecified atom stereocenters. The first-order chi connectivity index (χ1) is 7.49. The van der Waals surface area contributed by atoms with Crippen molar-refractivity contribution in [1.29, 1.82) is 0 Å². The van der Waals surface area contributed by atoms with E-state index in [0.29, 0.717) is 5.69 Å². The highest BCUT2D eigenvalue weighted by atomic mass is 16.4. The number of rotatable bonds is 4. The molecule has 0 aliphatic rings. The Labute approximate surface area is 93.5 Å². The Hall–Kier alpha value is -1.91. The smallest absolute Gasteiger partial charge is 0.303 e. The standard InChI is InChI=1S/C11H14N2O3/c1-7-3-4-9(8(2)12-7)13-10(14)5-6-11(15)16/h3-4H,5-6H2,1-2H3,(H,13,14)(H,15,16). The summed E-state index contributed by atoms with van der Waals surface area (Å²) in [5.41, 5.74) is 2.23. The molecule has 2 N–H and O–H groups in total. The minimum Gasteiger partial charge on any atom is -0.481 e. The van der Waals surface area contributed by atoms with Gasteiger partial charge in [0.2, 0.25) is 5.91 Å². The SMILES string of the molecule is Cc1ccc(NC(=O)CCC(=O)O)c(C)n1. The lowest BCUT2D eigenvalue weighted by Crippen LogP contribution is -2.14. The number of carboxylic acids is 1. The molecule has 5 heteroatoms. The number of carbonyl (C=O) groups excluding carboxylic acids is 1. The van der Waals surface area contributed by atoms with Crippen LogP contribution in [0.25, 0.3) is 0 Å². The van der Waals surface area contributed by atoms with E-state index in [0.717, 1.165) is 11.4 Å². The van der Waals surface area contributed by atoms with Gasteiger partial charge in [-0.25, -0.2) is 0 Å². The molecule has 0 saturated heterocycles. The van der Waals surface area contributed by atoms with Crippen molar-refractivity contribution in [3.8, 4) is 0 Å². The van der Waals surface area contributed by atoms with Crippen molar-refractivity contribution in [3.05, 3.63) is 23.5 Å². The summed E-state index contributed by atoms with van der Waals surface area (Å²) < 4.78 is 0. The summed E-state index contributed by atoms with van der Waals surface area (Å²) in [6.07, 6.45) is -0.188. The van der Waals surface area contributed by atoms with Crippen molar-refractivity contribution >= 4 is 17.6 Å². The molecule has 0 aliphatic carbocycles. The van der Waals surface area contributed by atoms with Gasteiger partial charge in [-0.15, -0.1) is 0 Å². The van der Waals surface area contributed by atoms with E-state index in [-0.39, 0.29) is 18.7 Å². The van der Waals surface area contributed by atoms with Crippen LogP contribution in [0.5, 0.6) is 0 Å². The molecule has 0 atom stereocenters. The molecule has 0 aromatic carbocycles. The number of pyridine rings is 1. The maximum atomic E-state index is 11.4. The van der Waals surface area contributed by atoms with Crippen LogP contribution in [0.2, 0.25) is 0 Å². The van der Waals surface area contributed by atoms with Crippen LogP contribution in [0.1, 0.15) is 24.2 Å². The Morgan fingerprint density at radius 2 is 2.00 bits per heavy atom. The Balaban J connectivity index is 2.59. The summed E-state index contributed by atoms with van der Waals surface area (Å²) in [5.74, 6) is -1.29. The van der Waals surface area contributed by atoms with E-state index in [1.54, 1.807) is 19.1 Å². The number of anilines is 1. The molecule has 0 radical (unpaired) electrons. The fourth-order valence-corrected chi connectivity index (χ4v) is 1.25. The first-order valence-electron chi connectivity index (χ1n) is 4.95. The normalized spacial score (nSPS) is 9.88. The zero-order valence-corrected chi connectivity index (χ0v) is 9.28. The first-order valence-corrected chi connectivity index (χ1v) is 4.95. The van der Waals surface area contributed by atoms with Crippen molar-refractivity contribution in [2.45, 2.75) is 26.7 Å². The van der Waals surface area contributed by atoms with Gasteiger partial charge in [0.15, 0.2) is 0 Å². The minimum absolute atomic E-state index is 0.0251. The summed E-state index contributed by atoms with van der Waals surface area (Å²) in [6, 6.07) is 3.55. The van der Waals surface area contributed by atoms with Crippen LogP contribution in [-0.2, 0) is 9.59 Å². The molecule has 1 heterocycles. The molecule has 86 valence electrons. The quantitative estimate of drug-likeness (QED) is 0.809. The van der Waals surface area contributed by atoms with Gasteiger partial charge in [0.05, 0.1) is 17.8 Å². The van der Waals surface area contributed by atoms with E-state index in [2.05, 4.69) is 10.3 Å². The molecule has 0 fully saturated rings. The second-order valence-corrected chi connectivity index (χ2v) is 3.53. The lowest BCUT2D eigenvalue weighted by atomic mass is 10.2. The van der Waals surface area contributed by atoms with Gasteiger partial charge in [0, 0.05) is 12.1 Å². The van der Waals surface area contributed by atoms with Crippen molar-refractivity contribution < 1.29 is 14.7 Å². The number of hydrogen-bond donors (Lipinski definition) is 2. The third kappa shape index (κ3) is 3.68. The second-order valence-electron chi connectivity index (χ2n) is 3.53. The second kappa shape index (κ2) is 5.25. The van der Waals surface area contributed by atoms with E-state index >= 15 is 0 Å². The summed E-state index contributed by atoms with van der Waals surface area (Å²) >= 11 is 0. The predicted molar refractivity (Wildman–Crippen MR) is 59.2 cm³/mol. The van der Waals surface area contributed by atoms with Crippen molar-refractivity contribution in [2.75, 3.05) is 5.32 Å². The number of aryl methyl sites for hydroxylation is 2. The number of hydrogen-bond acceptors (Lipinski definition) is 3. The fourth-order valence-electron chi connectivity index (χ4n) is 1.25. The van der Waals surface area contributed by atoms with E-state index < -0.39 is 5.97 Å². The molecule has 16 heavy (non-hydrogen) atoms. The van der Waals surface area contributed by atoms with Crippen molar-refractivity contribution in [2.24, 2.45) is 0 Å². The largest absolute Gasteiger partial charge is 0.481 e. The van der Waals surface area contributed by atoms with Crippen LogP contribution in [0, 0.1) is 13.8 Å². The van der Waals surface area contributed by atoms with Crippen LogP contribution in [0.15, 0.2) is 12.1 Å². The van der Waals surface area contributed by atoms with E-state index in [4.69, 9.17) is 5.11 Å².